The maximum absolute atomic E-state index is 9.11. The van der Waals surface area contributed by atoms with E-state index in [0.29, 0.717) is 18.3 Å². The lowest BCUT2D eigenvalue weighted by Gasteiger charge is -2.22. The number of amidine groups is 1. The number of aliphatic hydroxyl groups excluding tert-OH is 1. The quantitative estimate of drug-likeness (QED) is 0.196. The molecule has 88 valence electrons. The van der Waals surface area contributed by atoms with Gasteiger partial charge in [-0.25, -0.2) is 0 Å². The molecule has 1 saturated heterocycles. The molecule has 0 aromatic heterocycles. The monoisotopic (exact) mass is 215 g/mol. The molecule has 0 bridgehead atoms. The van der Waals surface area contributed by atoms with Crippen molar-refractivity contribution >= 4 is 5.84 Å². The molecule has 0 radical (unpaired) electrons. The highest BCUT2D eigenvalue weighted by Gasteiger charge is 2.22. The van der Waals surface area contributed by atoms with E-state index < -0.39 is 0 Å². The third-order valence-corrected chi connectivity index (χ3v) is 2.97. The maximum Gasteiger partial charge on any atom is 0.139 e. The third kappa shape index (κ3) is 4.05. The molecule has 1 aliphatic heterocycles. The standard InChI is InChI=1S/C10H21N3O2/c11-10(12-15)5-1-2-6-13-7-3-4-9(13)8-14/h9,14-15H,1-8H2,(H2,11,12). The van der Waals surface area contributed by atoms with Crippen molar-refractivity contribution in [3.8, 4) is 0 Å². The fourth-order valence-electron chi connectivity index (χ4n) is 2.07. The van der Waals surface area contributed by atoms with Crippen LogP contribution in [0.1, 0.15) is 32.1 Å². The summed E-state index contributed by atoms with van der Waals surface area (Å²) in [6.45, 7) is 2.36. The summed E-state index contributed by atoms with van der Waals surface area (Å²) in [5.74, 6) is 0.301. The van der Waals surface area contributed by atoms with Gasteiger partial charge in [0.15, 0.2) is 0 Å². The zero-order valence-electron chi connectivity index (χ0n) is 9.10. The van der Waals surface area contributed by atoms with Crippen LogP contribution < -0.4 is 5.73 Å². The second kappa shape index (κ2) is 6.63. The molecule has 1 fully saturated rings. The van der Waals surface area contributed by atoms with Crippen molar-refractivity contribution in [2.45, 2.75) is 38.1 Å². The third-order valence-electron chi connectivity index (χ3n) is 2.97. The Bertz CT molecular complexity index is 209. The van der Waals surface area contributed by atoms with Crippen molar-refractivity contribution < 1.29 is 10.3 Å². The van der Waals surface area contributed by atoms with E-state index in [4.69, 9.17) is 16.0 Å². The van der Waals surface area contributed by atoms with Crippen LogP contribution >= 0.6 is 0 Å². The minimum absolute atomic E-state index is 0.264. The van der Waals surface area contributed by atoms with E-state index in [1.165, 1.54) is 6.42 Å². The van der Waals surface area contributed by atoms with Crippen molar-refractivity contribution in [3.63, 3.8) is 0 Å². The fraction of sp³-hybridized carbons (Fsp3) is 0.900. The topological polar surface area (TPSA) is 82.1 Å². The lowest BCUT2D eigenvalue weighted by Crippen LogP contribution is -2.33. The van der Waals surface area contributed by atoms with Crippen molar-refractivity contribution in [2.75, 3.05) is 19.7 Å². The first-order chi connectivity index (χ1) is 7.27. The van der Waals surface area contributed by atoms with Crippen LogP contribution in [0.15, 0.2) is 5.16 Å². The first-order valence-electron chi connectivity index (χ1n) is 5.59. The molecule has 0 saturated carbocycles. The second-order valence-corrected chi connectivity index (χ2v) is 4.06. The summed E-state index contributed by atoms with van der Waals surface area (Å²) in [5.41, 5.74) is 5.37. The van der Waals surface area contributed by atoms with Crippen LogP contribution in [0.2, 0.25) is 0 Å². The molecule has 0 aromatic carbocycles. The van der Waals surface area contributed by atoms with Gasteiger partial charge in [-0.15, -0.1) is 0 Å². The number of oxime groups is 1. The Hall–Kier alpha value is -0.810. The van der Waals surface area contributed by atoms with E-state index in [-0.39, 0.29) is 6.61 Å². The largest absolute Gasteiger partial charge is 0.409 e. The summed E-state index contributed by atoms with van der Waals surface area (Å²) < 4.78 is 0. The van der Waals surface area contributed by atoms with Gasteiger partial charge in [-0.3, -0.25) is 4.90 Å². The van der Waals surface area contributed by atoms with E-state index in [9.17, 15) is 0 Å². The van der Waals surface area contributed by atoms with Gasteiger partial charge in [0, 0.05) is 12.5 Å². The molecule has 15 heavy (non-hydrogen) atoms. The summed E-state index contributed by atoms with van der Waals surface area (Å²) in [4.78, 5) is 2.33. The van der Waals surface area contributed by atoms with Gasteiger partial charge in [0.1, 0.15) is 5.84 Å². The summed E-state index contributed by atoms with van der Waals surface area (Å²) in [7, 11) is 0. The first-order valence-corrected chi connectivity index (χ1v) is 5.59. The van der Waals surface area contributed by atoms with Crippen molar-refractivity contribution in [1.82, 2.24) is 4.90 Å². The van der Waals surface area contributed by atoms with E-state index in [2.05, 4.69) is 10.1 Å². The molecular weight excluding hydrogens is 194 g/mol. The van der Waals surface area contributed by atoms with Crippen molar-refractivity contribution in [3.05, 3.63) is 0 Å². The van der Waals surface area contributed by atoms with Crippen LogP contribution in [0.4, 0.5) is 0 Å². The molecule has 1 aliphatic rings. The Morgan fingerprint density at radius 1 is 1.47 bits per heavy atom. The van der Waals surface area contributed by atoms with E-state index >= 15 is 0 Å². The summed E-state index contributed by atoms with van der Waals surface area (Å²) >= 11 is 0. The number of rotatable bonds is 6. The Labute approximate surface area is 90.6 Å². The molecule has 1 rings (SSSR count). The number of likely N-dealkylation sites (tertiary alicyclic amines) is 1. The molecular formula is C10H21N3O2. The fourth-order valence-corrected chi connectivity index (χ4v) is 2.07. The van der Waals surface area contributed by atoms with Crippen LogP contribution in [-0.4, -0.2) is 46.8 Å². The number of unbranched alkanes of at least 4 members (excludes halogenated alkanes) is 1. The molecule has 0 spiro atoms. The lowest BCUT2D eigenvalue weighted by molar-refractivity contribution is 0.157. The predicted molar refractivity (Wildman–Crippen MR) is 58.9 cm³/mol. The van der Waals surface area contributed by atoms with Gasteiger partial charge in [0.25, 0.3) is 0 Å². The zero-order chi connectivity index (χ0) is 11.1. The minimum atomic E-state index is 0.264. The lowest BCUT2D eigenvalue weighted by atomic mass is 10.2. The average Bonchev–Trinajstić information content (AvgIpc) is 2.71. The van der Waals surface area contributed by atoms with Gasteiger partial charge in [-0.2, -0.15) is 0 Å². The van der Waals surface area contributed by atoms with Gasteiger partial charge >= 0.3 is 0 Å². The molecule has 1 heterocycles. The number of hydrogen-bond acceptors (Lipinski definition) is 4. The van der Waals surface area contributed by atoms with Gasteiger partial charge < -0.3 is 16.0 Å². The number of nitrogens with zero attached hydrogens (tertiary/aromatic N) is 2. The molecule has 5 nitrogen and oxygen atoms in total. The highest BCUT2D eigenvalue weighted by molar-refractivity contribution is 5.79. The summed E-state index contributed by atoms with van der Waals surface area (Å²) in [6.07, 6.45) is 4.91. The minimum Gasteiger partial charge on any atom is -0.409 e. The molecule has 1 unspecified atom stereocenters. The molecule has 0 aliphatic carbocycles. The van der Waals surface area contributed by atoms with E-state index in [1.807, 2.05) is 0 Å². The SMILES string of the molecule is NC(CCCCN1CCCC1CO)=NO. The normalized spacial score (nSPS) is 23.5. The molecule has 0 aromatic rings. The summed E-state index contributed by atoms with van der Waals surface area (Å²) in [5, 5.41) is 20.4. The zero-order valence-corrected chi connectivity index (χ0v) is 9.10. The Morgan fingerprint density at radius 2 is 2.27 bits per heavy atom. The van der Waals surface area contributed by atoms with Crippen LogP contribution in [0.3, 0.4) is 0 Å². The maximum atomic E-state index is 9.11. The van der Waals surface area contributed by atoms with Crippen LogP contribution in [0.5, 0.6) is 0 Å². The second-order valence-electron chi connectivity index (χ2n) is 4.06. The molecule has 4 N–H and O–H groups in total. The first kappa shape index (κ1) is 12.3. The van der Waals surface area contributed by atoms with E-state index in [1.54, 1.807) is 0 Å². The van der Waals surface area contributed by atoms with Crippen molar-refractivity contribution in [1.29, 1.82) is 0 Å². The number of hydrogen-bond donors (Lipinski definition) is 3. The van der Waals surface area contributed by atoms with Gasteiger partial charge in [0.05, 0.1) is 6.61 Å². The highest BCUT2D eigenvalue weighted by atomic mass is 16.4. The van der Waals surface area contributed by atoms with Crippen LogP contribution in [0.25, 0.3) is 0 Å². The van der Waals surface area contributed by atoms with Gasteiger partial charge in [0.2, 0.25) is 0 Å². The molecule has 1 atom stereocenters. The Morgan fingerprint density at radius 3 is 2.93 bits per heavy atom. The number of nitrogens with two attached hydrogens (primary N) is 1. The highest BCUT2D eigenvalue weighted by Crippen LogP contribution is 2.17. The number of aliphatic hydroxyl groups is 1. The van der Waals surface area contributed by atoms with Gasteiger partial charge in [-0.1, -0.05) is 5.16 Å². The summed E-state index contributed by atoms with van der Waals surface area (Å²) in [6, 6.07) is 0.355. The van der Waals surface area contributed by atoms with Crippen molar-refractivity contribution in [2.24, 2.45) is 10.9 Å². The van der Waals surface area contributed by atoms with Crippen LogP contribution in [-0.2, 0) is 0 Å². The Balaban J connectivity index is 2.09. The smallest absolute Gasteiger partial charge is 0.139 e. The Kier molecular flexibility index (Phi) is 5.42. The van der Waals surface area contributed by atoms with E-state index in [0.717, 1.165) is 32.4 Å². The molecule has 5 heteroatoms. The average molecular weight is 215 g/mol. The predicted octanol–water partition coefficient (Wildman–Crippen LogP) is 0.360. The van der Waals surface area contributed by atoms with Gasteiger partial charge in [-0.05, 0) is 38.8 Å². The molecule has 0 amide bonds. The van der Waals surface area contributed by atoms with Crippen LogP contribution in [0, 0.1) is 0 Å².